The Labute approximate surface area is 157 Å². The van der Waals surface area contributed by atoms with Crippen molar-refractivity contribution >= 4 is 39.2 Å². The molecule has 0 amide bonds. The minimum absolute atomic E-state index is 0.0779. The Bertz CT molecular complexity index is 867. The average Bonchev–Trinajstić information content (AvgIpc) is 2.53. The van der Waals surface area contributed by atoms with E-state index in [1.165, 1.54) is 25.1 Å². The molecule has 0 saturated carbocycles. The molecular weight excluding hydrogens is 385 g/mol. The van der Waals surface area contributed by atoms with E-state index in [9.17, 15) is 13.2 Å². The topological polar surface area (TPSA) is 72.5 Å². The second-order valence-corrected chi connectivity index (χ2v) is 8.06. The molecule has 0 heterocycles. The third kappa shape index (κ3) is 5.44. The molecule has 0 radical (unpaired) electrons. The van der Waals surface area contributed by atoms with E-state index in [0.717, 1.165) is 5.56 Å². The maximum atomic E-state index is 12.3. The van der Waals surface area contributed by atoms with E-state index in [1.54, 1.807) is 24.3 Å². The smallest absolute Gasteiger partial charge is 0.324 e. The maximum absolute atomic E-state index is 12.3. The molecule has 1 N–H and O–H groups in total. The maximum Gasteiger partial charge on any atom is 0.324 e. The summed E-state index contributed by atoms with van der Waals surface area (Å²) < 4.78 is 32.0. The summed E-state index contributed by atoms with van der Waals surface area (Å²) in [6.07, 6.45) is 0. The van der Waals surface area contributed by atoms with E-state index in [2.05, 4.69) is 4.72 Å². The van der Waals surface area contributed by atoms with Gasteiger partial charge in [0.15, 0.2) is 0 Å². The summed E-state index contributed by atoms with van der Waals surface area (Å²) in [5.74, 6) is -0.707. The van der Waals surface area contributed by atoms with Gasteiger partial charge in [0.25, 0.3) is 0 Å². The molecule has 0 aromatic heterocycles. The van der Waals surface area contributed by atoms with Crippen molar-refractivity contribution in [2.24, 2.45) is 0 Å². The quantitative estimate of drug-likeness (QED) is 0.748. The fraction of sp³-hybridized carbons (Fsp3) is 0.235. The molecule has 1 atom stereocenters. The summed E-state index contributed by atoms with van der Waals surface area (Å²) in [6.45, 7) is 3.19. The van der Waals surface area contributed by atoms with Crippen molar-refractivity contribution in [3.63, 3.8) is 0 Å². The van der Waals surface area contributed by atoms with Gasteiger partial charge in [-0.25, -0.2) is 8.42 Å². The van der Waals surface area contributed by atoms with Crippen LogP contribution < -0.4 is 4.72 Å². The molecule has 0 aliphatic heterocycles. The first-order valence-electron chi connectivity index (χ1n) is 7.38. The molecule has 8 heteroatoms. The Hall–Kier alpha value is -1.60. The number of hydrogen-bond donors (Lipinski definition) is 1. The van der Waals surface area contributed by atoms with E-state index in [4.69, 9.17) is 27.9 Å². The lowest BCUT2D eigenvalue weighted by atomic mass is 10.2. The molecule has 0 aliphatic rings. The molecule has 0 aliphatic carbocycles. The van der Waals surface area contributed by atoms with Gasteiger partial charge >= 0.3 is 5.97 Å². The van der Waals surface area contributed by atoms with E-state index in [1.807, 2.05) is 6.92 Å². The minimum atomic E-state index is -3.81. The van der Waals surface area contributed by atoms with Crippen LogP contribution in [0.3, 0.4) is 0 Å². The first-order chi connectivity index (χ1) is 11.7. The molecule has 2 rings (SSSR count). The molecule has 0 unspecified atom stereocenters. The molecule has 2 aromatic rings. The molecule has 0 bridgehead atoms. The second-order valence-electron chi connectivity index (χ2n) is 5.50. The van der Waals surface area contributed by atoms with Gasteiger partial charge in [-0.3, -0.25) is 4.79 Å². The van der Waals surface area contributed by atoms with Crippen LogP contribution in [0.4, 0.5) is 0 Å². The van der Waals surface area contributed by atoms with Crippen molar-refractivity contribution in [1.29, 1.82) is 0 Å². The first-order valence-corrected chi connectivity index (χ1v) is 9.62. The Morgan fingerprint density at radius 2 is 1.80 bits per heavy atom. The van der Waals surface area contributed by atoms with Crippen molar-refractivity contribution in [2.45, 2.75) is 31.4 Å². The Morgan fingerprint density at radius 3 is 2.40 bits per heavy atom. The van der Waals surface area contributed by atoms with E-state index < -0.39 is 22.0 Å². The van der Waals surface area contributed by atoms with Crippen LogP contribution in [0.15, 0.2) is 47.4 Å². The SMILES string of the molecule is Cc1ccc(S(=O)(=O)N[C@@H](C)C(=O)OCc2ccc(Cl)cc2Cl)cc1. The number of nitrogens with one attached hydrogen (secondary N) is 1. The van der Waals surface area contributed by atoms with Crippen LogP contribution >= 0.6 is 23.2 Å². The number of carbonyl (C=O) groups excluding carboxylic acids is 1. The summed E-state index contributed by atoms with van der Waals surface area (Å²) in [5, 5.41) is 0.840. The van der Waals surface area contributed by atoms with Crippen LogP contribution in [0.1, 0.15) is 18.1 Å². The van der Waals surface area contributed by atoms with Gasteiger partial charge in [-0.15, -0.1) is 0 Å². The molecule has 134 valence electrons. The van der Waals surface area contributed by atoms with Crippen molar-refractivity contribution < 1.29 is 17.9 Å². The van der Waals surface area contributed by atoms with Gasteiger partial charge in [-0.2, -0.15) is 4.72 Å². The van der Waals surface area contributed by atoms with Crippen LogP contribution in [-0.4, -0.2) is 20.4 Å². The monoisotopic (exact) mass is 401 g/mol. The van der Waals surface area contributed by atoms with Crippen LogP contribution in [0, 0.1) is 6.92 Å². The normalized spacial score (nSPS) is 12.6. The second kappa shape index (κ2) is 8.19. The molecule has 0 saturated heterocycles. The Balaban J connectivity index is 1.98. The van der Waals surface area contributed by atoms with Crippen LogP contribution in [0.5, 0.6) is 0 Å². The molecule has 0 fully saturated rings. The van der Waals surface area contributed by atoms with Crippen molar-refractivity contribution in [3.8, 4) is 0 Å². The number of hydrogen-bond acceptors (Lipinski definition) is 4. The number of rotatable bonds is 6. The zero-order valence-electron chi connectivity index (χ0n) is 13.6. The van der Waals surface area contributed by atoms with Crippen molar-refractivity contribution in [1.82, 2.24) is 4.72 Å². The van der Waals surface area contributed by atoms with Gasteiger partial charge in [0.05, 0.1) is 4.90 Å². The number of benzene rings is 2. The summed E-state index contributed by atoms with van der Waals surface area (Å²) in [7, 11) is -3.81. The van der Waals surface area contributed by atoms with Crippen molar-refractivity contribution in [3.05, 3.63) is 63.6 Å². The first kappa shape index (κ1) is 19.7. The lowest BCUT2D eigenvalue weighted by Crippen LogP contribution is -2.39. The molecular formula is C17H17Cl2NO4S. The molecule has 5 nitrogen and oxygen atoms in total. The van der Waals surface area contributed by atoms with Crippen LogP contribution in [0.2, 0.25) is 10.0 Å². The number of aryl methyl sites for hydroxylation is 1. The summed E-state index contributed by atoms with van der Waals surface area (Å²) in [4.78, 5) is 12.1. The summed E-state index contributed by atoms with van der Waals surface area (Å²) >= 11 is 11.8. The highest BCUT2D eigenvalue weighted by molar-refractivity contribution is 7.89. The van der Waals surface area contributed by atoms with Gasteiger partial charge in [-0.1, -0.05) is 47.0 Å². The molecule has 2 aromatic carbocycles. The zero-order chi connectivity index (χ0) is 18.6. The molecule has 0 spiro atoms. The molecule has 25 heavy (non-hydrogen) atoms. The average molecular weight is 402 g/mol. The standard InChI is InChI=1S/C17H17Cl2NO4S/c1-11-3-7-15(8-4-11)25(22,23)20-12(2)17(21)24-10-13-5-6-14(18)9-16(13)19/h3-9,12,20H,10H2,1-2H3/t12-/m0/s1. The number of sulfonamides is 1. The number of carbonyl (C=O) groups is 1. The van der Waals surface area contributed by atoms with E-state index in [-0.39, 0.29) is 11.5 Å². The van der Waals surface area contributed by atoms with Gasteiger partial charge in [0.1, 0.15) is 12.6 Å². The lowest BCUT2D eigenvalue weighted by Gasteiger charge is -2.14. The largest absolute Gasteiger partial charge is 0.460 e. The van der Waals surface area contributed by atoms with E-state index in [0.29, 0.717) is 15.6 Å². The van der Waals surface area contributed by atoms with Crippen LogP contribution in [-0.2, 0) is 26.2 Å². The van der Waals surface area contributed by atoms with Gasteiger partial charge in [-0.05, 0) is 38.1 Å². The fourth-order valence-corrected chi connectivity index (χ4v) is 3.63. The predicted octanol–water partition coefficient (Wildman–Crippen LogP) is 3.71. The fourth-order valence-electron chi connectivity index (χ4n) is 1.98. The third-order valence-corrected chi connectivity index (χ3v) is 5.55. The Morgan fingerprint density at radius 1 is 1.16 bits per heavy atom. The van der Waals surface area contributed by atoms with Gasteiger partial charge in [0, 0.05) is 15.6 Å². The van der Waals surface area contributed by atoms with E-state index >= 15 is 0 Å². The highest BCUT2D eigenvalue weighted by atomic mass is 35.5. The highest BCUT2D eigenvalue weighted by Crippen LogP contribution is 2.21. The zero-order valence-corrected chi connectivity index (χ0v) is 16.0. The number of esters is 1. The summed E-state index contributed by atoms with van der Waals surface area (Å²) in [5.41, 5.74) is 1.51. The predicted molar refractivity (Wildman–Crippen MR) is 97.2 cm³/mol. The van der Waals surface area contributed by atoms with Gasteiger partial charge < -0.3 is 4.74 Å². The van der Waals surface area contributed by atoms with Gasteiger partial charge in [0.2, 0.25) is 10.0 Å². The number of halogens is 2. The summed E-state index contributed by atoms with van der Waals surface area (Å²) in [6, 6.07) is 10.1. The Kier molecular flexibility index (Phi) is 6.46. The number of ether oxygens (including phenoxy) is 1. The minimum Gasteiger partial charge on any atom is -0.460 e. The lowest BCUT2D eigenvalue weighted by molar-refractivity contribution is -0.146. The van der Waals surface area contributed by atoms with Crippen molar-refractivity contribution in [2.75, 3.05) is 0 Å². The highest BCUT2D eigenvalue weighted by Gasteiger charge is 2.23. The third-order valence-electron chi connectivity index (χ3n) is 3.40. The van der Waals surface area contributed by atoms with Crippen LogP contribution in [0.25, 0.3) is 0 Å².